The number of aromatic nitrogens is 3. The van der Waals surface area contributed by atoms with E-state index in [1.807, 2.05) is 34.6 Å². The van der Waals surface area contributed by atoms with Crippen LogP contribution in [0.5, 0.6) is 6.01 Å². The lowest BCUT2D eigenvalue weighted by molar-refractivity contribution is -0.151. The van der Waals surface area contributed by atoms with Crippen LogP contribution in [0.4, 0.5) is 5.95 Å². The summed E-state index contributed by atoms with van der Waals surface area (Å²) in [5.41, 5.74) is -0.498. The lowest BCUT2D eigenvalue weighted by atomic mass is 10.2. The van der Waals surface area contributed by atoms with Crippen LogP contribution in [0.25, 0.3) is 0 Å². The van der Waals surface area contributed by atoms with Gasteiger partial charge in [0.1, 0.15) is 5.60 Å². The number of anilines is 1. The molecule has 0 saturated heterocycles. The molecule has 21 heavy (non-hydrogen) atoms. The Kier molecular flexibility index (Phi) is 6.67. The van der Waals surface area contributed by atoms with Crippen LogP contribution in [-0.4, -0.2) is 45.4 Å². The number of nitrogens with one attached hydrogen (secondary N) is 1. The molecular formula is C13H22N4O3S. The maximum Gasteiger partial charge on any atom is 0.322 e. The number of hydrogen-bond donors (Lipinski definition) is 1. The van der Waals surface area contributed by atoms with E-state index in [2.05, 4.69) is 20.3 Å². The molecule has 0 spiro atoms. The molecule has 0 aromatic carbocycles. The van der Waals surface area contributed by atoms with Crippen LogP contribution >= 0.6 is 11.8 Å². The molecule has 0 bridgehead atoms. The van der Waals surface area contributed by atoms with E-state index in [0.29, 0.717) is 24.3 Å². The van der Waals surface area contributed by atoms with E-state index in [9.17, 15) is 4.79 Å². The highest BCUT2D eigenvalue weighted by Crippen LogP contribution is 2.19. The minimum absolute atomic E-state index is 0.137. The van der Waals surface area contributed by atoms with Gasteiger partial charge in [-0.1, -0.05) is 11.8 Å². The molecule has 1 aromatic rings. The number of rotatable bonds is 7. The molecule has 118 valence electrons. The lowest BCUT2D eigenvalue weighted by Crippen LogP contribution is -2.25. The third-order valence-electron chi connectivity index (χ3n) is 1.94. The minimum atomic E-state index is -0.498. The summed E-state index contributed by atoms with van der Waals surface area (Å²) >= 11 is 1.19. The molecule has 0 aliphatic heterocycles. The first-order valence-electron chi connectivity index (χ1n) is 6.81. The van der Waals surface area contributed by atoms with Gasteiger partial charge >= 0.3 is 12.0 Å². The maximum atomic E-state index is 11.7. The van der Waals surface area contributed by atoms with Crippen molar-refractivity contribution in [1.29, 1.82) is 0 Å². The molecular weight excluding hydrogens is 292 g/mol. The van der Waals surface area contributed by atoms with Crippen molar-refractivity contribution in [2.45, 2.75) is 45.4 Å². The molecule has 0 atom stereocenters. The van der Waals surface area contributed by atoms with E-state index in [4.69, 9.17) is 9.47 Å². The van der Waals surface area contributed by atoms with E-state index in [0.717, 1.165) is 0 Å². The Bertz CT molecular complexity index is 453. The highest BCUT2D eigenvalue weighted by atomic mass is 32.2. The number of esters is 1. The smallest absolute Gasteiger partial charge is 0.322 e. The Morgan fingerprint density at radius 2 is 1.95 bits per heavy atom. The summed E-state index contributed by atoms with van der Waals surface area (Å²) in [7, 11) is 0. The molecule has 0 saturated carbocycles. The Labute approximate surface area is 129 Å². The van der Waals surface area contributed by atoms with Gasteiger partial charge in [-0.2, -0.15) is 15.0 Å². The van der Waals surface area contributed by atoms with Crippen molar-refractivity contribution in [2.24, 2.45) is 0 Å². The third kappa shape index (κ3) is 7.12. The topological polar surface area (TPSA) is 86.2 Å². The Hall–Kier alpha value is -1.57. The van der Waals surface area contributed by atoms with Crippen molar-refractivity contribution in [2.75, 3.05) is 24.2 Å². The van der Waals surface area contributed by atoms with E-state index < -0.39 is 5.60 Å². The molecule has 0 amide bonds. The Morgan fingerprint density at radius 1 is 1.24 bits per heavy atom. The van der Waals surface area contributed by atoms with Crippen molar-refractivity contribution in [3.63, 3.8) is 0 Å². The zero-order chi connectivity index (χ0) is 15.9. The molecule has 1 aromatic heterocycles. The lowest BCUT2D eigenvalue weighted by Gasteiger charge is -2.19. The van der Waals surface area contributed by atoms with Gasteiger partial charge in [0.15, 0.2) is 5.16 Å². The van der Waals surface area contributed by atoms with Gasteiger partial charge in [0.2, 0.25) is 5.95 Å². The second-order valence-electron chi connectivity index (χ2n) is 5.06. The molecule has 7 nitrogen and oxygen atoms in total. The van der Waals surface area contributed by atoms with Gasteiger partial charge < -0.3 is 14.8 Å². The third-order valence-corrected chi connectivity index (χ3v) is 2.76. The van der Waals surface area contributed by atoms with Gasteiger partial charge in [-0.05, 0) is 34.6 Å². The van der Waals surface area contributed by atoms with E-state index >= 15 is 0 Å². The van der Waals surface area contributed by atoms with Crippen molar-refractivity contribution < 1.29 is 14.3 Å². The predicted molar refractivity (Wildman–Crippen MR) is 81.7 cm³/mol. The molecule has 0 fully saturated rings. The minimum Gasteiger partial charge on any atom is -0.464 e. The average Bonchev–Trinajstić information content (AvgIpc) is 2.35. The summed E-state index contributed by atoms with van der Waals surface area (Å²) in [6, 6.07) is 0.245. The fourth-order valence-corrected chi connectivity index (χ4v) is 1.93. The first-order valence-corrected chi connectivity index (χ1v) is 7.80. The van der Waals surface area contributed by atoms with Crippen LogP contribution in [0.1, 0.15) is 34.6 Å². The SMILES string of the molecule is CCNc1nc(OCC)nc(SCC(=O)OC(C)(C)C)n1. The molecule has 8 heteroatoms. The number of thioether (sulfide) groups is 1. The number of carbonyl (C=O) groups excluding carboxylic acids is 1. The summed E-state index contributed by atoms with van der Waals surface area (Å²) in [4.78, 5) is 24.2. The van der Waals surface area contributed by atoms with Crippen molar-refractivity contribution in [3.8, 4) is 6.01 Å². The fourth-order valence-electron chi connectivity index (χ4n) is 1.33. The molecule has 1 heterocycles. The maximum absolute atomic E-state index is 11.7. The average molecular weight is 314 g/mol. The van der Waals surface area contributed by atoms with Crippen molar-refractivity contribution >= 4 is 23.7 Å². The number of nitrogens with zero attached hydrogens (tertiary/aromatic N) is 3. The standard InChI is InChI=1S/C13H22N4O3S/c1-6-14-10-15-11(19-7-2)17-12(16-10)21-8-9(18)20-13(3,4)5/h6-8H2,1-5H3,(H,14,15,16,17). The van der Waals surface area contributed by atoms with Gasteiger partial charge in [-0.25, -0.2) is 0 Å². The van der Waals surface area contributed by atoms with Crippen molar-refractivity contribution in [1.82, 2.24) is 15.0 Å². The van der Waals surface area contributed by atoms with Crippen LogP contribution in [0.2, 0.25) is 0 Å². The number of hydrogen-bond acceptors (Lipinski definition) is 8. The Morgan fingerprint density at radius 3 is 2.52 bits per heavy atom. The molecule has 0 unspecified atom stereocenters. The molecule has 0 aliphatic rings. The highest BCUT2D eigenvalue weighted by Gasteiger charge is 2.17. The zero-order valence-corrected chi connectivity index (χ0v) is 13.9. The quantitative estimate of drug-likeness (QED) is 0.605. The van der Waals surface area contributed by atoms with Crippen LogP contribution < -0.4 is 10.1 Å². The first-order chi connectivity index (χ1) is 9.84. The van der Waals surface area contributed by atoms with Gasteiger partial charge in [-0.15, -0.1) is 0 Å². The summed E-state index contributed by atoms with van der Waals surface area (Å²) in [5.74, 6) is 0.261. The van der Waals surface area contributed by atoms with Crippen molar-refractivity contribution in [3.05, 3.63) is 0 Å². The van der Waals surface area contributed by atoms with Crippen LogP contribution in [0, 0.1) is 0 Å². The number of carbonyl (C=O) groups is 1. The van der Waals surface area contributed by atoms with Gasteiger partial charge in [-0.3, -0.25) is 4.79 Å². The second-order valence-corrected chi connectivity index (χ2v) is 6.01. The first kappa shape index (κ1) is 17.5. The zero-order valence-electron chi connectivity index (χ0n) is 13.1. The van der Waals surface area contributed by atoms with E-state index in [1.54, 1.807) is 0 Å². The van der Waals surface area contributed by atoms with Crippen LogP contribution in [-0.2, 0) is 9.53 Å². The molecule has 1 N–H and O–H groups in total. The van der Waals surface area contributed by atoms with Crippen LogP contribution in [0.15, 0.2) is 5.16 Å². The summed E-state index contributed by atoms with van der Waals surface area (Å²) in [5, 5.41) is 3.43. The summed E-state index contributed by atoms with van der Waals surface area (Å²) in [6.07, 6.45) is 0. The van der Waals surface area contributed by atoms with Crippen LogP contribution in [0.3, 0.4) is 0 Å². The molecule has 1 rings (SSSR count). The fraction of sp³-hybridized carbons (Fsp3) is 0.692. The summed E-state index contributed by atoms with van der Waals surface area (Å²) in [6.45, 7) is 10.4. The van der Waals surface area contributed by atoms with Gasteiger partial charge in [0.05, 0.1) is 12.4 Å². The number of ether oxygens (including phenoxy) is 2. The monoisotopic (exact) mass is 314 g/mol. The normalized spacial score (nSPS) is 11.1. The molecule has 0 radical (unpaired) electrons. The van der Waals surface area contributed by atoms with E-state index in [-0.39, 0.29) is 17.7 Å². The molecule has 0 aliphatic carbocycles. The highest BCUT2D eigenvalue weighted by molar-refractivity contribution is 7.99. The largest absolute Gasteiger partial charge is 0.464 e. The summed E-state index contributed by atoms with van der Waals surface area (Å²) < 4.78 is 10.5. The van der Waals surface area contributed by atoms with Gasteiger partial charge in [0, 0.05) is 6.54 Å². The van der Waals surface area contributed by atoms with E-state index in [1.165, 1.54) is 11.8 Å². The van der Waals surface area contributed by atoms with Gasteiger partial charge in [0.25, 0.3) is 0 Å². The second kappa shape index (κ2) is 8.02. The Balaban J connectivity index is 2.70. The predicted octanol–water partition coefficient (Wildman–Crippen LogP) is 2.14.